The third-order valence-corrected chi connectivity index (χ3v) is 3.97. The number of rotatable bonds is 6. The van der Waals surface area contributed by atoms with Gasteiger partial charge in [0.25, 0.3) is 0 Å². The van der Waals surface area contributed by atoms with E-state index in [1.165, 1.54) is 0 Å². The van der Waals surface area contributed by atoms with Crippen molar-refractivity contribution in [2.75, 3.05) is 6.54 Å². The number of nitrogens with zero attached hydrogens (tertiary/aromatic N) is 3. The van der Waals surface area contributed by atoms with E-state index in [2.05, 4.69) is 41.5 Å². The first-order valence-electron chi connectivity index (χ1n) is 7.10. The van der Waals surface area contributed by atoms with Crippen LogP contribution in [0.1, 0.15) is 32.5 Å². The molecule has 2 rings (SSSR count). The zero-order valence-corrected chi connectivity index (χ0v) is 12.1. The fraction of sp³-hybridized carbons (Fsp3) is 0.600. The molecule has 19 heavy (non-hydrogen) atoms. The van der Waals surface area contributed by atoms with Crippen LogP contribution in [0.5, 0.6) is 0 Å². The quantitative estimate of drug-likeness (QED) is 0.868. The van der Waals surface area contributed by atoms with Gasteiger partial charge in [-0.1, -0.05) is 13.8 Å². The van der Waals surface area contributed by atoms with Gasteiger partial charge in [0.1, 0.15) is 5.82 Å². The van der Waals surface area contributed by atoms with E-state index in [1.54, 1.807) is 6.20 Å². The number of aromatic nitrogens is 3. The van der Waals surface area contributed by atoms with Gasteiger partial charge in [0.2, 0.25) is 0 Å². The van der Waals surface area contributed by atoms with Gasteiger partial charge >= 0.3 is 0 Å². The van der Waals surface area contributed by atoms with Crippen LogP contribution in [-0.2, 0) is 13.5 Å². The molecule has 0 fully saturated rings. The molecule has 1 atom stereocenters. The summed E-state index contributed by atoms with van der Waals surface area (Å²) in [5.41, 5.74) is 7.65. The maximum Gasteiger partial charge on any atom is 0.177 e. The Hall–Kier alpha value is -1.42. The molecule has 2 aromatic heterocycles. The number of imidazole rings is 1. The smallest absolute Gasteiger partial charge is 0.177 e. The van der Waals surface area contributed by atoms with Crippen LogP contribution < -0.4 is 5.73 Å². The van der Waals surface area contributed by atoms with Crippen molar-refractivity contribution >= 4 is 11.2 Å². The molecule has 0 spiro atoms. The lowest BCUT2D eigenvalue weighted by Gasteiger charge is -2.19. The molecule has 104 valence electrons. The first kappa shape index (κ1) is 14.0. The summed E-state index contributed by atoms with van der Waals surface area (Å²) in [7, 11) is 2.07. The average Bonchev–Trinajstić information content (AvgIpc) is 2.72. The molecule has 0 radical (unpaired) electrons. The molecule has 0 aromatic carbocycles. The van der Waals surface area contributed by atoms with Gasteiger partial charge in [-0.2, -0.15) is 0 Å². The van der Waals surface area contributed by atoms with Crippen LogP contribution >= 0.6 is 0 Å². The predicted molar refractivity (Wildman–Crippen MR) is 78.8 cm³/mol. The van der Waals surface area contributed by atoms with Crippen LogP contribution in [0.4, 0.5) is 0 Å². The Labute approximate surface area is 115 Å². The van der Waals surface area contributed by atoms with Crippen LogP contribution in [0.25, 0.3) is 11.2 Å². The molecule has 0 bridgehead atoms. The van der Waals surface area contributed by atoms with Gasteiger partial charge in [0, 0.05) is 19.7 Å². The standard InChI is InChI=1S/C15H24N4/c1-11(2)12(8-9-16)6-7-14-18-15-13(19(14)3)5-4-10-17-15/h4-5,10-12H,6-9,16H2,1-3H3. The number of hydrogen-bond acceptors (Lipinski definition) is 3. The molecular formula is C15H24N4. The molecule has 0 aliphatic rings. The zero-order valence-electron chi connectivity index (χ0n) is 12.1. The van der Waals surface area contributed by atoms with E-state index in [1.807, 2.05) is 6.07 Å². The molecule has 2 heterocycles. The van der Waals surface area contributed by atoms with Gasteiger partial charge in [-0.25, -0.2) is 9.97 Å². The van der Waals surface area contributed by atoms with E-state index in [0.717, 1.165) is 42.8 Å². The largest absolute Gasteiger partial charge is 0.330 e. The fourth-order valence-corrected chi connectivity index (χ4v) is 2.64. The summed E-state index contributed by atoms with van der Waals surface area (Å²) in [5, 5.41) is 0. The first-order chi connectivity index (χ1) is 9.13. The lowest BCUT2D eigenvalue weighted by Crippen LogP contribution is -2.16. The normalized spacial score (nSPS) is 13.3. The van der Waals surface area contributed by atoms with Gasteiger partial charge in [-0.15, -0.1) is 0 Å². The van der Waals surface area contributed by atoms with Crippen molar-refractivity contribution in [3.63, 3.8) is 0 Å². The van der Waals surface area contributed by atoms with Crippen LogP contribution in [0, 0.1) is 11.8 Å². The van der Waals surface area contributed by atoms with E-state index >= 15 is 0 Å². The van der Waals surface area contributed by atoms with E-state index in [0.29, 0.717) is 11.8 Å². The molecule has 0 amide bonds. The van der Waals surface area contributed by atoms with Gasteiger partial charge in [0.15, 0.2) is 5.65 Å². The zero-order chi connectivity index (χ0) is 13.8. The van der Waals surface area contributed by atoms with Crippen LogP contribution in [0.15, 0.2) is 18.3 Å². The molecule has 0 aliphatic heterocycles. The summed E-state index contributed by atoms with van der Waals surface area (Å²) in [6.45, 7) is 5.32. The van der Waals surface area contributed by atoms with Gasteiger partial charge in [0.05, 0.1) is 5.52 Å². The van der Waals surface area contributed by atoms with Gasteiger partial charge in [-0.3, -0.25) is 0 Å². The van der Waals surface area contributed by atoms with Crippen molar-refractivity contribution < 1.29 is 0 Å². The van der Waals surface area contributed by atoms with Crippen molar-refractivity contribution in [3.8, 4) is 0 Å². The molecule has 4 heteroatoms. The predicted octanol–water partition coefficient (Wildman–Crippen LogP) is 2.52. The number of pyridine rings is 1. The molecule has 0 saturated heterocycles. The summed E-state index contributed by atoms with van der Waals surface area (Å²) < 4.78 is 2.15. The molecule has 4 nitrogen and oxygen atoms in total. The highest BCUT2D eigenvalue weighted by Crippen LogP contribution is 2.22. The van der Waals surface area contributed by atoms with E-state index in [-0.39, 0.29) is 0 Å². The minimum atomic E-state index is 0.677. The Morgan fingerprint density at radius 1 is 1.32 bits per heavy atom. The number of nitrogens with two attached hydrogens (primary N) is 1. The van der Waals surface area contributed by atoms with Crippen molar-refractivity contribution in [2.24, 2.45) is 24.6 Å². The Kier molecular flexibility index (Phi) is 4.53. The van der Waals surface area contributed by atoms with Crippen molar-refractivity contribution in [2.45, 2.75) is 33.1 Å². The molecule has 0 aliphatic carbocycles. The van der Waals surface area contributed by atoms with Crippen molar-refractivity contribution in [1.29, 1.82) is 0 Å². The average molecular weight is 260 g/mol. The highest BCUT2D eigenvalue weighted by Gasteiger charge is 2.15. The lowest BCUT2D eigenvalue weighted by molar-refractivity contribution is 0.338. The molecule has 1 unspecified atom stereocenters. The third kappa shape index (κ3) is 3.13. The Morgan fingerprint density at radius 3 is 2.74 bits per heavy atom. The Balaban J connectivity index is 2.10. The van der Waals surface area contributed by atoms with Gasteiger partial charge < -0.3 is 10.3 Å². The van der Waals surface area contributed by atoms with Crippen LogP contribution in [0.2, 0.25) is 0 Å². The molecule has 0 saturated carbocycles. The number of fused-ring (bicyclic) bond motifs is 1. The second kappa shape index (κ2) is 6.15. The highest BCUT2D eigenvalue weighted by molar-refractivity contribution is 5.71. The molecule has 2 aromatic rings. The minimum Gasteiger partial charge on any atom is -0.330 e. The summed E-state index contributed by atoms with van der Waals surface area (Å²) in [5.74, 6) is 2.48. The maximum atomic E-state index is 5.70. The molecule has 2 N–H and O–H groups in total. The van der Waals surface area contributed by atoms with Crippen molar-refractivity contribution in [1.82, 2.24) is 14.5 Å². The SMILES string of the molecule is CC(C)C(CCN)CCc1nc2ncccc2n1C. The Bertz CT molecular complexity index is 530. The summed E-state index contributed by atoms with van der Waals surface area (Å²) in [6.07, 6.45) is 5.03. The monoisotopic (exact) mass is 260 g/mol. The van der Waals surface area contributed by atoms with E-state index < -0.39 is 0 Å². The van der Waals surface area contributed by atoms with Crippen molar-refractivity contribution in [3.05, 3.63) is 24.2 Å². The fourth-order valence-electron chi connectivity index (χ4n) is 2.64. The summed E-state index contributed by atoms with van der Waals surface area (Å²) in [6, 6.07) is 4.03. The maximum absolute atomic E-state index is 5.70. The third-order valence-electron chi connectivity index (χ3n) is 3.97. The van der Waals surface area contributed by atoms with E-state index in [4.69, 9.17) is 5.73 Å². The second-order valence-electron chi connectivity index (χ2n) is 5.55. The highest BCUT2D eigenvalue weighted by atomic mass is 15.1. The topological polar surface area (TPSA) is 56.7 Å². The first-order valence-corrected chi connectivity index (χ1v) is 7.10. The van der Waals surface area contributed by atoms with Gasteiger partial charge in [-0.05, 0) is 43.4 Å². The van der Waals surface area contributed by atoms with Crippen LogP contribution in [-0.4, -0.2) is 21.1 Å². The van der Waals surface area contributed by atoms with E-state index in [9.17, 15) is 0 Å². The minimum absolute atomic E-state index is 0.677. The summed E-state index contributed by atoms with van der Waals surface area (Å²) >= 11 is 0. The Morgan fingerprint density at radius 2 is 2.11 bits per heavy atom. The molecular weight excluding hydrogens is 236 g/mol. The second-order valence-corrected chi connectivity index (χ2v) is 5.55. The number of aryl methyl sites for hydroxylation is 2. The lowest BCUT2D eigenvalue weighted by atomic mass is 9.88. The summed E-state index contributed by atoms with van der Waals surface area (Å²) in [4.78, 5) is 8.93. The van der Waals surface area contributed by atoms with Crippen LogP contribution in [0.3, 0.4) is 0 Å². The number of hydrogen-bond donors (Lipinski definition) is 1.